The smallest absolute Gasteiger partial charge is 0.160 e. The van der Waals surface area contributed by atoms with E-state index in [2.05, 4.69) is 19.2 Å². The molecule has 182 valence electrons. The van der Waals surface area contributed by atoms with Crippen LogP contribution in [0.1, 0.15) is 48.7 Å². The van der Waals surface area contributed by atoms with E-state index in [0.717, 1.165) is 41.7 Å². The average Bonchev–Trinajstić information content (AvgIpc) is 3.27. The second kappa shape index (κ2) is 9.17. The number of aryl methyl sites for hydroxylation is 2. The lowest BCUT2D eigenvalue weighted by Gasteiger charge is -2.19. The Labute approximate surface area is 204 Å². The van der Waals surface area contributed by atoms with Crippen LogP contribution in [-0.4, -0.2) is 29.1 Å². The number of hydrogen-bond donors (Lipinski definition) is 3. The Morgan fingerprint density at radius 3 is 2.66 bits per heavy atom. The van der Waals surface area contributed by atoms with Gasteiger partial charge in [0.2, 0.25) is 0 Å². The van der Waals surface area contributed by atoms with E-state index in [1.54, 1.807) is 6.07 Å². The third kappa shape index (κ3) is 4.17. The SMILES string of the molecule is Cc1nc(CCC(C)C)ccc1-c1cc2c(n(C=N)c1=N)NCc1c(F)ccc3c1C(CO3)CO2. The fourth-order valence-corrected chi connectivity index (χ4v) is 4.86. The zero-order chi connectivity index (χ0) is 24.7. The predicted molar refractivity (Wildman–Crippen MR) is 133 cm³/mol. The van der Waals surface area contributed by atoms with E-state index < -0.39 is 0 Å². The molecular formula is C27H30FN5O2. The molecule has 35 heavy (non-hydrogen) atoms. The van der Waals surface area contributed by atoms with Crippen LogP contribution in [0.15, 0.2) is 30.3 Å². The van der Waals surface area contributed by atoms with Gasteiger partial charge in [-0.3, -0.25) is 20.4 Å². The summed E-state index contributed by atoms with van der Waals surface area (Å²) in [6.45, 7) is 7.27. The molecule has 1 aromatic carbocycles. The van der Waals surface area contributed by atoms with E-state index in [9.17, 15) is 4.39 Å². The first kappa shape index (κ1) is 23.1. The zero-order valence-corrected chi connectivity index (χ0v) is 20.2. The van der Waals surface area contributed by atoms with Gasteiger partial charge in [-0.05, 0) is 49.9 Å². The van der Waals surface area contributed by atoms with E-state index in [-0.39, 0.29) is 23.8 Å². The molecule has 8 heteroatoms. The maximum Gasteiger partial charge on any atom is 0.160 e. The van der Waals surface area contributed by atoms with E-state index >= 15 is 0 Å². The van der Waals surface area contributed by atoms with Gasteiger partial charge in [0.15, 0.2) is 11.6 Å². The lowest BCUT2D eigenvalue weighted by Crippen LogP contribution is -2.26. The molecule has 2 aliphatic rings. The number of ether oxygens (including phenoxy) is 2. The standard InChI is InChI=1S/C27H30FN5O2/c1-15(2)4-5-18-6-7-19(16(3)32-18)20-10-24-27(33(14-29)26(20)30)31-11-21-22(28)8-9-23-25(21)17(12-34-23)13-35-24/h6-10,14-15,17,29-31H,4-5,11-13H2,1-3H3. The van der Waals surface area contributed by atoms with E-state index in [1.807, 2.05) is 25.1 Å². The molecule has 2 aliphatic heterocycles. The molecule has 1 atom stereocenters. The number of fused-ring (bicyclic) bond motifs is 1. The molecule has 0 amide bonds. The molecular weight excluding hydrogens is 445 g/mol. The normalized spacial score (nSPS) is 16.2. The van der Waals surface area contributed by atoms with Crippen LogP contribution in [0.2, 0.25) is 0 Å². The van der Waals surface area contributed by atoms with Crippen LogP contribution < -0.4 is 20.3 Å². The van der Waals surface area contributed by atoms with Crippen molar-refractivity contribution in [3.8, 4) is 22.6 Å². The van der Waals surface area contributed by atoms with Crippen molar-refractivity contribution in [2.75, 3.05) is 18.5 Å². The molecule has 0 aliphatic carbocycles. The molecule has 1 unspecified atom stereocenters. The number of rotatable bonds is 5. The minimum absolute atomic E-state index is 0.0975. The Morgan fingerprint density at radius 2 is 1.94 bits per heavy atom. The second-order valence-electron chi connectivity index (χ2n) is 9.60. The molecule has 3 N–H and O–H groups in total. The molecule has 2 aromatic heterocycles. The summed E-state index contributed by atoms with van der Waals surface area (Å²) in [5.41, 5.74) is 4.81. The summed E-state index contributed by atoms with van der Waals surface area (Å²) in [5, 5.41) is 20.1. The van der Waals surface area contributed by atoms with Crippen molar-refractivity contribution < 1.29 is 13.9 Å². The minimum Gasteiger partial charge on any atom is -0.493 e. The molecule has 0 saturated carbocycles. The number of anilines is 1. The van der Waals surface area contributed by atoms with Crippen molar-refractivity contribution in [1.82, 2.24) is 9.55 Å². The molecule has 3 aromatic rings. The van der Waals surface area contributed by atoms with E-state index in [0.29, 0.717) is 47.6 Å². The van der Waals surface area contributed by atoms with Crippen molar-refractivity contribution in [3.63, 3.8) is 0 Å². The van der Waals surface area contributed by atoms with Gasteiger partial charge in [0.1, 0.15) is 17.1 Å². The summed E-state index contributed by atoms with van der Waals surface area (Å²) in [6.07, 6.45) is 3.06. The Balaban J connectivity index is 1.57. The van der Waals surface area contributed by atoms with Crippen LogP contribution in [0.3, 0.4) is 0 Å². The van der Waals surface area contributed by atoms with Crippen molar-refractivity contribution in [2.45, 2.75) is 46.1 Å². The maximum atomic E-state index is 14.8. The summed E-state index contributed by atoms with van der Waals surface area (Å²) in [4.78, 5) is 4.78. The zero-order valence-electron chi connectivity index (χ0n) is 20.2. The first-order valence-electron chi connectivity index (χ1n) is 12.0. The van der Waals surface area contributed by atoms with Crippen LogP contribution in [0.5, 0.6) is 11.5 Å². The Kier molecular flexibility index (Phi) is 6.05. The predicted octanol–water partition coefficient (Wildman–Crippen LogP) is 5.00. The summed E-state index contributed by atoms with van der Waals surface area (Å²) < 4.78 is 28.2. The highest BCUT2D eigenvalue weighted by Crippen LogP contribution is 2.40. The van der Waals surface area contributed by atoms with Crippen molar-refractivity contribution in [3.05, 3.63) is 64.2 Å². The Hall–Kier alpha value is -3.68. The number of nitrogens with one attached hydrogen (secondary N) is 3. The summed E-state index contributed by atoms with van der Waals surface area (Å²) in [6, 6.07) is 8.92. The molecule has 0 spiro atoms. The first-order chi connectivity index (χ1) is 16.9. The molecule has 0 radical (unpaired) electrons. The number of halogens is 1. The number of aromatic nitrogens is 2. The van der Waals surface area contributed by atoms with Crippen molar-refractivity contribution >= 4 is 12.2 Å². The number of pyridine rings is 2. The molecule has 5 rings (SSSR count). The van der Waals surface area contributed by atoms with E-state index in [1.165, 1.54) is 10.6 Å². The third-order valence-electron chi connectivity index (χ3n) is 6.77. The molecule has 0 fully saturated rings. The van der Waals surface area contributed by atoms with Crippen LogP contribution in [-0.2, 0) is 13.0 Å². The summed E-state index contributed by atoms with van der Waals surface area (Å²) in [5.74, 6) is 1.84. The summed E-state index contributed by atoms with van der Waals surface area (Å²) >= 11 is 0. The van der Waals surface area contributed by atoms with Crippen LogP contribution in [0.25, 0.3) is 11.1 Å². The van der Waals surface area contributed by atoms with Gasteiger partial charge in [-0.2, -0.15) is 0 Å². The van der Waals surface area contributed by atoms with Gasteiger partial charge in [0.05, 0.1) is 25.5 Å². The van der Waals surface area contributed by atoms with Crippen LogP contribution >= 0.6 is 0 Å². The first-order valence-corrected chi connectivity index (χ1v) is 12.0. The lowest BCUT2D eigenvalue weighted by molar-refractivity contribution is 0.248. The quantitative estimate of drug-likeness (QED) is 0.357. The van der Waals surface area contributed by atoms with Crippen molar-refractivity contribution in [1.29, 1.82) is 10.8 Å². The second-order valence-corrected chi connectivity index (χ2v) is 9.60. The lowest BCUT2D eigenvalue weighted by atomic mass is 9.96. The molecule has 0 saturated heterocycles. The number of hydrogen-bond acceptors (Lipinski definition) is 6. The topological polar surface area (TPSA) is 96.0 Å². The fraction of sp³-hybridized carbons (Fsp3) is 0.370. The highest BCUT2D eigenvalue weighted by atomic mass is 19.1. The Bertz CT molecular complexity index is 1360. The highest BCUT2D eigenvalue weighted by molar-refractivity contribution is 5.75. The Morgan fingerprint density at radius 1 is 1.17 bits per heavy atom. The number of nitrogens with zero attached hydrogens (tertiary/aromatic N) is 2. The average molecular weight is 476 g/mol. The van der Waals surface area contributed by atoms with Gasteiger partial charge in [0, 0.05) is 40.2 Å². The minimum atomic E-state index is -0.307. The monoisotopic (exact) mass is 475 g/mol. The maximum absolute atomic E-state index is 14.8. The van der Waals surface area contributed by atoms with Crippen molar-refractivity contribution in [2.24, 2.45) is 5.92 Å². The van der Waals surface area contributed by atoms with Crippen LogP contribution in [0, 0.1) is 29.5 Å². The van der Waals surface area contributed by atoms with E-state index in [4.69, 9.17) is 25.3 Å². The van der Waals surface area contributed by atoms with Gasteiger partial charge in [0.25, 0.3) is 0 Å². The largest absolute Gasteiger partial charge is 0.493 e. The molecule has 4 heterocycles. The fourth-order valence-electron chi connectivity index (χ4n) is 4.86. The van der Waals surface area contributed by atoms with Gasteiger partial charge in [-0.1, -0.05) is 19.9 Å². The molecule has 7 nitrogen and oxygen atoms in total. The van der Waals surface area contributed by atoms with Crippen LogP contribution in [0.4, 0.5) is 10.2 Å². The summed E-state index contributed by atoms with van der Waals surface area (Å²) in [7, 11) is 0. The highest BCUT2D eigenvalue weighted by Gasteiger charge is 2.31. The van der Waals surface area contributed by atoms with Gasteiger partial charge < -0.3 is 14.8 Å². The van der Waals surface area contributed by atoms with Gasteiger partial charge >= 0.3 is 0 Å². The third-order valence-corrected chi connectivity index (χ3v) is 6.77. The van der Waals surface area contributed by atoms with Gasteiger partial charge in [-0.25, -0.2) is 4.39 Å². The number of benzene rings is 1. The van der Waals surface area contributed by atoms with Gasteiger partial charge in [-0.15, -0.1) is 0 Å². The molecule has 0 bridgehead atoms.